The molecule has 130 valence electrons. The van der Waals surface area contributed by atoms with Gasteiger partial charge < -0.3 is 10.1 Å². The summed E-state index contributed by atoms with van der Waals surface area (Å²) in [5, 5.41) is 3.21. The SMILES string of the molecule is COc1ccc(CCN[C@@H]2CC(=O)N(c3ccc(I)cc3)C2=O)cc1. The van der Waals surface area contributed by atoms with Gasteiger partial charge in [-0.05, 0) is 77.5 Å². The Morgan fingerprint density at radius 2 is 1.80 bits per heavy atom. The minimum absolute atomic E-state index is 0.159. The van der Waals surface area contributed by atoms with Crippen LogP contribution in [-0.2, 0) is 16.0 Å². The molecule has 2 aromatic rings. The van der Waals surface area contributed by atoms with Gasteiger partial charge in [0.05, 0.1) is 25.3 Å². The number of anilines is 1. The molecule has 0 bridgehead atoms. The van der Waals surface area contributed by atoms with Crippen LogP contribution in [0.25, 0.3) is 0 Å². The molecule has 0 aliphatic carbocycles. The number of halogens is 1. The number of carbonyl (C=O) groups excluding carboxylic acids is 2. The van der Waals surface area contributed by atoms with E-state index < -0.39 is 6.04 Å². The van der Waals surface area contributed by atoms with Crippen molar-refractivity contribution in [2.45, 2.75) is 18.9 Å². The van der Waals surface area contributed by atoms with E-state index in [-0.39, 0.29) is 18.2 Å². The van der Waals surface area contributed by atoms with Crippen molar-refractivity contribution < 1.29 is 14.3 Å². The fourth-order valence-corrected chi connectivity index (χ4v) is 3.20. The van der Waals surface area contributed by atoms with Crippen molar-refractivity contribution in [1.29, 1.82) is 0 Å². The highest BCUT2D eigenvalue weighted by molar-refractivity contribution is 14.1. The van der Waals surface area contributed by atoms with Crippen LogP contribution >= 0.6 is 22.6 Å². The number of benzene rings is 2. The second kappa shape index (κ2) is 7.97. The zero-order valence-electron chi connectivity index (χ0n) is 13.9. The van der Waals surface area contributed by atoms with Crippen LogP contribution < -0.4 is 15.0 Å². The molecular weight excluding hydrogens is 431 g/mol. The zero-order valence-corrected chi connectivity index (χ0v) is 16.0. The fourth-order valence-electron chi connectivity index (χ4n) is 2.84. The second-order valence-corrected chi connectivity index (χ2v) is 7.10. The van der Waals surface area contributed by atoms with Crippen molar-refractivity contribution in [3.63, 3.8) is 0 Å². The summed E-state index contributed by atoms with van der Waals surface area (Å²) < 4.78 is 6.20. The molecule has 1 saturated heterocycles. The van der Waals surface area contributed by atoms with Gasteiger partial charge in [0, 0.05) is 3.57 Å². The smallest absolute Gasteiger partial charge is 0.251 e. The lowest BCUT2D eigenvalue weighted by atomic mass is 10.1. The first-order valence-electron chi connectivity index (χ1n) is 8.07. The Morgan fingerprint density at radius 1 is 1.12 bits per heavy atom. The van der Waals surface area contributed by atoms with Crippen molar-refractivity contribution in [3.8, 4) is 5.75 Å². The Bertz CT molecular complexity index is 759. The van der Waals surface area contributed by atoms with E-state index in [1.54, 1.807) is 19.2 Å². The van der Waals surface area contributed by atoms with Crippen LogP contribution in [0.1, 0.15) is 12.0 Å². The molecule has 0 radical (unpaired) electrons. The van der Waals surface area contributed by atoms with Crippen molar-refractivity contribution in [2.75, 3.05) is 18.6 Å². The summed E-state index contributed by atoms with van der Waals surface area (Å²) in [5.74, 6) is 0.482. The van der Waals surface area contributed by atoms with E-state index in [4.69, 9.17) is 4.74 Å². The normalized spacial score (nSPS) is 17.2. The van der Waals surface area contributed by atoms with Gasteiger partial charge in [-0.25, -0.2) is 4.90 Å². The summed E-state index contributed by atoms with van der Waals surface area (Å²) in [6.45, 7) is 0.635. The van der Waals surface area contributed by atoms with Crippen LogP contribution in [0.5, 0.6) is 5.75 Å². The highest BCUT2D eigenvalue weighted by Gasteiger charge is 2.39. The summed E-state index contributed by atoms with van der Waals surface area (Å²) in [6.07, 6.45) is 0.985. The summed E-state index contributed by atoms with van der Waals surface area (Å²) in [6, 6.07) is 14.8. The van der Waals surface area contributed by atoms with E-state index in [9.17, 15) is 9.59 Å². The largest absolute Gasteiger partial charge is 0.497 e. The first kappa shape index (κ1) is 17.9. The van der Waals surface area contributed by atoms with Gasteiger partial charge in [-0.3, -0.25) is 9.59 Å². The minimum atomic E-state index is -0.454. The molecule has 1 aliphatic rings. The number of nitrogens with zero attached hydrogens (tertiary/aromatic N) is 1. The van der Waals surface area contributed by atoms with E-state index >= 15 is 0 Å². The number of nitrogens with one attached hydrogen (secondary N) is 1. The van der Waals surface area contributed by atoms with Gasteiger partial charge >= 0.3 is 0 Å². The summed E-state index contributed by atoms with van der Waals surface area (Å²) >= 11 is 2.19. The predicted octanol–water partition coefficient (Wildman–Crippen LogP) is 2.76. The molecule has 0 spiro atoms. The van der Waals surface area contributed by atoms with Gasteiger partial charge in [0.15, 0.2) is 0 Å². The fraction of sp³-hybridized carbons (Fsp3) is 0.263. The van der Waals surface area contributed by atoms with Gasteiger partial charge in [0.1, 0.15) is 5.75 Å². The van der Waals surface area contributed by atoms with Gasteiger partial charge in [0.25, 0.3) is 5.91 Å². The summed E-state index contributed by atoms with van der Waals surface area (Å²) in [5.41, 5.74) is 1.79. The quantitative estimate of drug-likeness (QED) is 0.544. The van der Waals surface area contributed by atoms with Gasteiger partial charge in [-0.2, -0.15) is 0 Å². The van der Waals surface area contributed by atoms with E-state index in [2.05, 4.69) is 27.9 Å². The Hall–Kier alpha value is -1.93. The monoisotopic (exact) mass is 450 g/mol. The molecule has 1 N–H and O–H groups in total. The van der Waals surface area contributed by atoms with Gasteiger partial charge in [0.2, 0.25) is 5.91 Å². The van der Waals surface area contributed by atoms with Crippen LogP contribution in [0.2, 0.25) is 0 Å². The number of hydrogen-bond acceptors (Lipinski definition) is 4. The summed E-state index contributed by atoms with van der Waals surface area (Å²) in [7, 11) is 1.64. The third-order valence-electron chi connectivity index (χ3n) is 4.19. The standard InChI is InChI=1S/C19H19IN2O3/c1-25-16-8-2-13(3-9-16)10-11-21-17-12-18(23)22(19(17)24)15-6-4-14(20)5-7-15/h2-9,17,21H,10-12H2,1H3/t17-/m1/s1. The molecule has 25 heavy (non-hydrogen) atoms. The molecule has 1 atom stereocenters. The Kier molecular flexibility index (Phi) is 5.70. The lowest BCUT2D eigenvalue weighted by Gasteiger charge is -2.15. The molecule has 0 saturated carbocycles. The maximum atomic E-state index is 12.6. The maximum Gasteiger partial charge on any atom is 0.251 e. The molecule has 2 amide bonds. The average Bonchev–Trinajstić information content (AvgIpc) is 2.90. The maximum absolute atomic E-state index is 12.6. The Balaban J connectivity index is 1.57. The number of ether oxygens (including phenoxy) is 1. The first-order chi connectivity index (χ1) is 12.1. The number of rotatable bonds is 6. The Morgan fingerprint density at radius 3 is 2.44 bits per heavy atom. The van der Waals surface area contributed by atoms with Crippen molar-refractivity contribution in [3.05, 3.63) is 57.7 Å². The van der Waals surface area contributed by atoms with E-state index in [1.807, 2.05) is 36.4 Å². The predicted molar refractivity (Wildman–Crippen MR) is 105 cm³/mol. The highest BCUT2D eigenvalue weighted by atomic mass is 127. The molecule has 0 aromatic heterocycles. The number of methoxy groups -OCH3 is 1. The highest BCUT2D eigenvalue weighted by Crippen LogP contribution is 2.23. The van der Waals surface area contributed by atoms with Crippen LogP contribution in [0.3, 0.4) is 0 Å². The Labute approximate surface area is 160 Å². The molecule has 6 heteroatoms. The van der Waals surface area contributed by atoms with E-state index in [0.29, 0.717) is 12.2 Å². The first-order valence-corrected chi connectivity index (χ1v) is 9.15. The summed E-state index contributed by atoms with van der Waals surface area (Å²) in [4.78, 5) is 26.1. The van der Waals surface area contributed by atoms with Crippen LogP contribution in [0, 0.1) is 3.57 Å². The molecule has 2 aromatic carbocycles. The molecule has 1 fully saturated rings. The number of imide groups is 1. The number of amides is 2. The van der Waals surface area contributed by atoms with Crippen molar-refractivity contribution in [1.82, 2.24) is 5.32 Å². The third-order valence-corrected chi connectivity index (χ3v) is 4.91. The van der Waals surface area contributed by atoms with E-state index in [1.165, 1.54) is 4.90 Å². The minimum Gasteiger partial charge on any atom is -0.497 e. The number of hydrogen-bond donors (Lipinski definition) is 1. The van der Waals surface area contributed by atoms with Crippen LogP contribution in [0.15, 0.2) is 48.5 Å². The average molecular weight is 450 g/mol. The molecular formula is C19H19IN2O3. The van der Waals surface area contributed by atoms with Crippen LogP contribution in [0.4, 0.5) is 5.69 Å². The van der Waals surface area contributed by atoms with Gasteiger partial charge in [-0.1, -0.05) is 12.1 Å². The lowest BCUT2D eigenvalue weighted by Crippen LogP contribution is -2.39. The van der Waals surface area contributed by atoms with Crippen molar-refractivity contribution >= 4 is 40.1 Å². The van der Waals surface area contributed by atoms with Crippen LogP contribution in [-0.4, -0.2) is 31.5 Å². The second-order valence-electron chi connectivity index (χ2n) is 5.85. The molecule has 3 rings (SSSR count). The molecule has 0 unspecified atom stereocenters. The molecule has 1 heterocycles. The third kappa shape index (κ3) is 4.19. The zero-order chi connectivity index (χ0) is 17.8. The topological polar surface area (TPSA) is 58.6 Å². The van der Waals surface area contributed by atoms with E-state index in [0.717, 1.165) is 21.3 Å². The van der Waals surface area contributed by atoms with Crippen molar-refractivity contribution in [2.24, 2.45) is 0 Å². The number of carbonyl (C=O) groups is 2. The van der Waals surface area contributed by atoms with Gasteiger partial charge in [-0.15, -0.1) is 0 Å². The molecule has 1 aliphatic heterocycles. The molecule has 5 nitrogen and oxygen atoms in total. The lowest BCUT2D eigenvalue weighted by molar-refractivity contribution is -0.121.